The molecule has 0 aliphatic heterocycles. The van der Waals surface area contributed by atoms with E-state index >= 15 is 0 Å². The molecule has 120 valence electrons. The molecule has 0 heterocycles. The Kier molecular flexibility index (Phi) is 5.99. The van der Waals surface area contributed by atoms with Crippen molar-refractivity contribution < 1.29 is 9.59 Å². The summed E-state index contributed by atoms with van der Waals surface area (Å²) >= 11 is 0. The van der Waals surface area contributed by atoms with Crippen LogP contribution in [0.1, 0.15) is 51.0 Å². The van der Waals surface area contributed by atoms with Gasteiger partial charge in [0.1, 0.15) is 6.54 Å². The lowest BCUT2D eigenvalue weighted by Gasteiger charge is -2.23. The molecule has 2 amide bonds. The molecule has 1 saturated carbocycles. The number of hydrogen-bond acceptors (Lipinski definition) is 2. The van der Waals surface area contributed by atoms with Crippen molar-refractivity contribution in [3.63, 3.8) is 0 Å². The van der Waals surface area contributed by atoms with Crippen molar-refractivity contribution in [3.05, 3.63) is 29.8 Å². The normalized spacial score (nSPS) is 15.9. The summed E-state index contributed by atoms with van der Waals surface area (Å²) in [5.41, 5.74) is 1.86. The molecule has 1 aliphatic carbocycles. The summed E-state index contributed by atoms with van der Waals surface area (Å²) in [7, 11) is 0. The molecule has 0 atom stereocenters. The molecule has 0 radical (unpaired) electrons. The van der Waals surface area contributed by atoms with Gasteiger partial charge in [0, 0.05) is 18.7 Å². The van der Waals surface area contributed by atoms with Crippen LogP contribution in [0.2, 0.25) is 0 Å². The van der Waals surface area contributed by atoms with Gasteiger partial charge in [-0.1, -0.05) is 37.8 Å². The van der Waals surface area contributed by atoms with E-state index in [9.17, 15) is 9.59 Å². The van der Waals surface area contributed by atoms with Crippen LogP contribution in [0.4, 0.5) is 5.69 Å². The van der Waals surface area contributed by atoms with E-state index in [-0.39, 0.29) is 24.4 Å². The van der Waals surface area contributed by atoms with E-state index < -0.39 is 0 Å². The number of benzene rings is 1. The number of nitrogens with one attached hydrogen (secondary N) is 1. The largest absolute Gasteiger partial charge is 0.352 e. The first-order valence-electron chi connectivity index (χ1n) is 8.20. The molecule has 0 saturated heterocycles. The van der Waals surface area contributed by atoms with Gasteiger partial charge >= 0.3 is 0 Å². The summed E-state index contributed by atoms with van der Waals surface area (Å²) in [5, 5.41) is 3.10. The standard InChI is InChI=1S/C18H26N2O2/c1-14-8-7-11-17(12-14)20(15(2)21)13-18(22)19-16-9-5-3-4-6-10-16/h7-8,11-12,16H,3-6,9-10,13H2,1-2H3,(H,19,22). The molecule has 0 spiro atoms. The Morgan fingerprint density at radius 2 is 1.86 bits per heavy atom. The first kappa shape index (κ1) is 16.5. The van der Waals surface area contributed by atoms with Crippen LogP contribution in [-0.4, -0.2) is 24.4 Å². The van der Waals surface area contributed by atoms with E-state index in [4.69, 9.17) is 0 Å². The molecule has 22 heavy (non-hydrogen) atoms. The highest BCUT2D eigenvalue weighted by Crippen LogP contribution is 2.18. The summed E-state index contributed by atoms with van der Waals surface area (Å²) in [6.07, 6.45) is 6.98. The van der Waals surface area contributed by atoms with E-state index in [1.54, 1.807) is 4.90 Å². The monoisotopic (exact) mass is 302 g/mol. The highest BCUT2D eigenvalue weighted by Gasteiger charge is 2.19. The van der Waals surface area contributed by atoms with Crippen LogP contribution in [0, 0.1) is 6.92 Å². The van der Waals surface area contributed by atoms with E-state index in [1.807, 2.05) is 31.2 Å². The van der Waals surface area contributed by atoms with Crippen LogP contribution >= 0.6 is 0 Å². The fourth-order valence-corrected chi connectivity index (χ4v) is 3.02. The van der Waals surface area contributed by atoms with Crippen LogP contribution in [0.25, 0.3) is 0 Å². The summed E-state index contributed by atoms with van der Waals surface area (Å²) < 4.78 is 0. The number of amides is 2. The minimum Gasteiger partial charge on any atom is -0.352 e. The molecule has 2 rings (SSSR count). The van der Waals surface area contributed by atoms with Gasteiger partial charge in [-0.25, -0.2) is 0 Å². The van der Waals surface area contributed by atoms with Crippen molar-refractivity contribution in [2.24, 2.45) is 0 Å². The molecule has 1 aromatic carbocycles. The van der Waals surface area contributed by atoms with Gasteiger partial charge in [-0.15, -0.1) is 0 Å². The molecule has 1 aromatic rings. The number of aryl methyl sites for hydroxylation is 1. The lowest BCUT2D eigenvalue weighted by atomic mass is 10.1. The highest BCUT2D eigenvalue weighted by molar-refractivity contribution is 5.97. The third kappa shape index (κ3) is 4.86. The maximum atomic E-state index is 12.3. The molecule has 0 unspecified atom stereocenters. The van der Waals surface area contributed by atoms with Crippen molar-refractivity contribution in [2.75, 3.05) is 11.4 Å². The average Bonchev–Trinajstić information content (AvgIpc) is 2.73. The second-order valence-corrected chi connectivity index (χ2v) is 6.20. The summed E-state index contributed by atoms with van der Waals surface area (Å²) in [6.45, 7) is 3.57. The maximum Gasteiger partial charge on any atom is 0.240 e. The van der Waals surface area contributed by atoms with Crippen LogP contribution in [0.15, 0.2) is 24.3 Å². The number of carbonyl (C=O) groups excluding carboxylic acids is 2. The van der Waals surface area contributed by atoms with Gasteiger partial charge < -0.3 is 10.2 Å². The molecule has 1 N–H and O–H groups in total. The summed E-state index contributed by atoms with van der Waals surface area (Å²) in [5.74, 6) is -0.176. The number of rotatable bonds is 4. The fourth-order valence-electron chi connectivity index (χ4n) is 3.02. The van der Waals surface area contributed by atoms with Gasteiger partial charge in [0.2, 0.25) is 11.8 Å². The molecule has 0 bridgehead atoms. The van der Waals surface area contributed by atoms with Crippen LogP contribution in [0.3, 0.4) is 0 Å². The number of hydrogen-bond donors (Lipinski definition) is 1. The van der Waals surface area contributed by atoms with Crippen molar-refractivity contribution in [3.8, 4) is 0 Å². The van der Waals surface area contributed by atoms with Gasteiger partial charge in [0.25, 0.3) is 0 Å². The highest BCUT2D eigenvalue weighted by atomic mass is 16.2. The maximum absolute atomic E-state index is 12.3. The van der Waals surface area contributed by atoms with Gasteiger partial charge in [-0.2, -0.15) is 0 Å². The molecule has 1 aliphatic rings. The van der Waals surface area contributed by atoms with Gasteiger partial charge in [-0.3, -0.25) is 9.59 Å². The second-order valence-electron chi connectivity index (χ2n) is 6.20. The van der Waals surface area contributed by atoms with Gasteiger partial charge in [0.15, 0.2) is 0 Å². The van der Waals surface area contributed by atoms with E-state index in [0.717, 1.165) is 24.1 Å². The third-order valence-corrected chi connectivity index (χ3v) is 4.22. The zero-order valence-electron chi connectivity index (χ0n) is 13.6. The first-order chi connectivity index (χ1) is 10.6. The minimum absolute atomic E-state index is 0.0661. The molecule has 1 fully saturated rings. The molecular formula is C18H26N2O2. The van der Waals surface area contributed by atoms with E-state index in [2.05, 4.69) is 5.32 Å². The quantitative estimate of drug-likeness (QED) is 0.868. The van der Waals surface area contributed by atoms with Gasteiger partial charge in [-0.05, 0) is 37.5 Å². The number of anilines is 1. The van der Waals surface area contributed by atoms with Crippen LogP contribution < -0.4 is 10.2 Å². The van der Waals surface area contributed by atoms with E-state index in [1.165, 1.54) is 32.6 Å². The Bertz CT molecular complexity index is 520. The molecular weight excluding hydrogens is 276 g/mol. The van der Waals surface area contributed by atoms with Crippen LogP contribution in [0.5, 0.6) is 0 Å². The fraction of sp³-hybridized carbons (Fsp3) is 0.556. The molecule has 0 aromatic heterocycles. The molecule has 4 heteroatoms. The summed E-state index contributed by atoms with van der Waals surface area (Å²) in [4.78, 5) is 25.7. The molecule has 4 nitrogen and oxygen atoms in total. The smallest absolute Gasteiger partial charge is 0.240 e. The Balaban J connectivity index is 1.98. The predicted octanol–water partition coefficient (Wildman–Crippen LogP) is 3.19. The SMILES string of the molecule is CC(=O)N(CC(=O)NC1CCCCCC1)c1cccc(C)c1. The third-order valence-electron chi connectivity index (χ3n) is 4.22. The topological polar surface area (TPSA) is 49.4 Å². The average molecular weight is 302 g/mol. The van der Waals surface area contributed by atoms with Crippen LogP contribution in [-0.2, 0) is 9.59 Å². The Morgan fingerprint density at radius 3 is 2.45 bits per heavy atom. The predicted molar refractivity (Wildman–Crippen MR) is 88.8 cm³/mol. The Morgan fingerprint density at radius 1 is 1.18 bits per heavy atom. The lowest BCUT2D eigenvalue weighted by Crippen LogP contribution is -2.43. The minimum atomic E-state index is -0.110. The Hall–Kier alpha value is -1.84. The van der Waals surface area contributed by atoms with Crippen molar-refractivity contribution >= 4 is 17.5 Å². The number of carbonyl (C=O) groups is 2. The van der Waals surface area contributed by atoms with E-state index in [0.29, 0.717) is 0 Å². The summed E-state index contributed by atoms with van der Waals surface area (Å²) in [6, 6.07) is 7.95. The van der Waals surface area contributed by atoms with Crippen molar-refractivity contribution in [1.82, 2.24) is 5.32 Å². The zero-order chi connectivity index (χ0) is 15.9. The van der Waals surface area contributed by atoms with Crippen molar-refractivity contribution in [2.45, 2.75) is 58.4 Å². The Labute approximate surface area is 132 Å². The second kappa shape index (κ2) is 7.97. The van der Waals surface area contributed by atoms with Gasteiger partial charge in [0.05, 0.1) is 0 Å². The zero-order valence-corrected chi connectivity index (χ0v) is 13.6. The van der Waals surface area contributed by atoms with Crippen molar-refractivity contribution in [1.29, 1.82) is 0 Å². The lowest BCUT2D eigenvalue weighted by molar-refractivity contribution is -0.123. The first-order valence-corrected chi connectivity index (χ1v) is 8.20. The number of nitrogens with zero attached hydrogens (tertiary/aromatic N) is 1.